The second kappa shape index (κ2) is 7.51. The molecule has 1 aliphatic heterocycles. The molecule has 0 radical (unpaired) electrons. The molecule has 0 saturated carbocycles. The van der Waals surface area contributed by atoms with E-state index in [1.54, 1.807) is 6.07 Å². The molecule has 1 aliphatic carbocycles. The van der Waals surface area contributed by atoms with Gasteiger partial charge in [0.15, 0.2) is 0 Å². The van der Waals surface area contributed by atoms with Gasteiger partial charge in [0.05, 0.1) is 4.90 Å². The van der Waals surface area contributed by atoms with E-state index in [1.165, 1.54) is 29.5 Å². The molecular weight excluding hydrogens is 344 g/mol. The topological polar surface area (TPSA) is 49.4 Å². The summed E-state index contributed by atoms with van der Waals surface area (Å²) in [6, 6.07) is 15.9. The van der Waals surface area contributed by atoms with Gasteiger partial charge >= 0.3 is 0 Å². The lowest BCUT2D eigenvalue weighted by molar-refractivity contribution is 0.246. The molecule has 2 aliphatic rings. The zero-order chi connectivity index (χ0) is 18.0. The van der Waals surface area contributed by atoms with E-state index in [1.807, 2.05) is 30.3 Å². The van der Waals surface area contributed by atoms with Gasteiger partial charge in [0.2, 0.25) is 10.0 Å². The number of aryl methyl sites for hydroxylation is 2. The molecule has 0 amide bonds. The van der Waals surface area contributed by atoms with Gasteiger partial charge in [-0.1, -0.05) is 36.4 Å². The zero-order valence-electron chi connectivity index (χ0n) is 15.0. The predicted octanol–water partition coefficient (Wildman–Crippen LogP) is 3.29. The third kappa shape index (κ3) is 3.70. The fourth-order valence-electron chi connectivity index (χ4n) is 4.17. The van der Waals surface area contributed by atoms with Crippen LogP contribution in [0.15, 0.2) is 53.4 Å². The Labute approximate surface area is 156 Å². The summed E-state index contributed by atoms with van der Waals surface area (Å²) in [7, 11) is -3.49. The molecule has 4 nitrogen and oxygen atoms in total. The molecule has 0 aromatic heterocycles. The molecule has 0 bridgehead atoms. The first kappa shape index (κ1) is 17.7. The average Bonchev–Trinajstić information content (AvgIpc) is 3.34. The molecule has 0 spiro atoms. The van der Waals surface area contributed by atoms with Gasteiger partial charge in [0, 0.05) is 12.6 Å². The van der Waals surface area contributed by atoms with Crippen molar-refractivity contribution >= 4 is 10.0 Å². The van der Waals surface area contributed by atoms with Crippen LogP contribution in [0.25, 0.3) is 0 Å². The van der Waals surface area contributed by atoms with Crippen LogP contribution >= 0.6 is 0 Å². The third-order valence-corrected chi connectivity index (χ3v) is 7.03. The Morgan fingerprint density at radius 1 is 0.923 bits per heavy atom. The highest BCUT2D eigenvalue weighted by Gasteiger charge is 2.26. The highest BCUT2D eigenvalue weighted by Crippen LogP contribution is 2.27. The lowest BCUT2D eigenvalue weighted by Gasteiger charge is -2.28. The third-order valence-electron chi connectivity index (χ3n) is 5.61. The lowest BCUT2D eigenvalue weighted by atomic mass is 10.1. The van der Waals surface area contributed by atoms with Crippen molar-refractivity contribution in [1.82, 2.24) is 9.62 Å². The van der Waals surface area contributed by atoms with Crippen LogP contribution < -0.4 is 4.72 Å². The summed E-state index contributed by atoms with van der Waals surface area (Å²) in [4.78, 5) is 2.78. The van der Waals surface area contributed by atoms with Crippen LogP contribution in [0.5, 0.6) is 0 Å². The Morgan fingerprint density at radius 3 is 2.42 bits per heavy atom. The van der Waals surface area contributed by atoms with Crippen LogP contribution in [0.2, 0.25) is 0 Å². The van der Waals surface area contributed by atoms with Gasteiger partial charge in [-0.15, -0.1) is 0 Å². The number of nitrogens with one attached hydrogen (secondary N) is 1. The maximum atomic E-state index is 12.9. The number of sulfonamides is 1. The number of nitrogens with zero attached hydrogens (tertiary/aromatic N) is 1. The van der Waals surface area contributed by atoms with Crippen molar-refractivity contribution in [2.24, 2.45) is 0 Å². The molecule has 5 heteroatoms. The Bertz CT molecular complexity index is 859. The van der Waals surface area contributed by atoms with Crippen molar-refractivity contribution in [3.63, 3.8) is 0 Å². The van der Waals surface area contributed by atoms with Crippen molar-refractivity contribution in [2.45, 2.75) is 43.0 Å². The second-order valence-electron chi connectivity index (χ2n) is 7.31. The molecule has 1 fully saturated rings. The molecular formula is C21H26N2O2S. The Kier molecular flexibility index (Phi) is 5.11. The molecule has 2 aromatic carbocycles. The van der Waals surface area contributed by atoms with E-state index in [2.05, 4.69) is 21.8 Å². The summed E-state index contributed by atoms with van der Waals surface area (Å²) in [6.45, 7) is 2.46. The first-order valence-electron chi connectivity index (χ1n) is 9.54. The molecule has 1 saturated heterocycles. The molecule has 1 unspecified atom stereocenters. The molecule has 4 rings (SSSR count). The van der Waals surface area contributed by atoms with Crippen molar-refractivity contribution < 1.29 is 8.42 Å². The lowest BCUT2D eigenvalue weighted by Crippen LogP contribution is -2.36. The first-order chi connectivity index (χ1) is 12.6. The van der Waals surface area contributed by atoms with E-state index >= 15 is 0 Å². The summed E-state index contributed by atoms with van der Waals surface area (Å²) >= 11 is 0. The van der Waals surface area contributed by atoms with E-state index in [-0.39, 0.29) is 6.04 Å². The van der Waals surface area contributed by atoms with E-state index in [0.29, 0.717) is 11.4 Å². The van der Waals surface area contributed by atoms with Gasteiger partial charge in [0.1, 0.15) is 0 Å². The minimum atomic E-state index is -3.49. The quantitative estimate of drug-likeness (QED) is 0.849. The second-order valence-corrected chi connectivity index (χ2v) is 9.07. The van der Waals surface area contributed by atoms with Crippen LogP contribution in [0, 0.1) is 0 Å². The monoisotopic (exact) mass is 370 g/mol. The highest BCUT2D eigenvalue weighted by atomic mass is 32.2. The largest absolute Gasteiger partial charge is 0.295 e. The van der Waals surface area contributed by atoms with E-state index in [9.17, 15) is 8.42 Å². The number of likely N-dealkylation sites (tertiary alicyclic amines) is 1. The molecule has 1 N–H and O–H groups in total. The van der Waals surface area contributed by atoms with Gasteiger partial charge in [-0.05, 0) is 74.0 Å². The predicted molar refractivity (Wildman–Crippen MR) is 104 cm³/mol. The van der Waals surface area contributed by atoms with Crippen molar-refractivity contribution in [2.75, 3.05) is 19.6 Å². The van der Waals surface area contributed by atoms with Crippen LogP contribution in [-0.2, 0) is 22.9 Å². The smallest absolute Gasteiger partial charge is 0.240 e. The Balaban J connectivity index is 1.53. The molecule has 1 heterocycles. The fraction of sp³-hybridized carbons (Fsp3) is 0.429. The number of fused-ring (bicyclic) bond motifs is 1. The standard InChI is InChI=1S/C21H26N2O2S/c24-26(25,20-12-11-17-9-6-10-19(17)15-20)22-16-21(23-13-4-5-14-23)18-7-2-1-3-8-18/h1-3,7-8,11-12,15,21-22H,4-6,9-10,13-14,16H2. The van der Waals surface area contributed by atoms with Crippen molar-refractivity contribution in [3.05, 3.63) is 65.2 Å². The summed E-state index contributed by atoms with van der Waals surface area (Å²) in [5, 5.41) is 0. The van der Waals surface area contributed by atoms with Crippen LogP contribution in [0.3, 0.4) is 0 Å². The summed E-state index contributed by atoms with van der Waals surface area (Å²) in [5.74, 6) is 0. The van der Waals surface area contributed by atoms with Crippen LogP contribution in [0.1, 0.15) is 42.0 Å². The summed E-state index contributed by atoms with van der Waals surface area (Å²) < 4.78 is 28.6. The summed E-state index contributed by atoms with van der Waals surface area (Å²) in [6.07, 6.45) is 5.53. The van der Waals surface area contributed by atoms with Crippen molar-refractivity contribution in [1.29, 1.82) is 0 Å². The fourth-order valence-corrected chi connectivity index (χ4v) is 5.26. The molecule has 2 aromatic rings. The Morgan fingerprint density at radius 2 is 1.65 bits per heavy atom. The van der Waals surface area contributed by atoms with Gasteiger partial charge in [-0.2, -0.15) is 0 Å². The van der Waals surface area contributed by atoms with Gasteiger partial charge in [-0.3, -0.25) is 4.90 Å². The van der Waals surface area contributed by atoms with Gasteiger partial charge in [0.25, 0.3) is 0 Å². The average molecular weight is 371 g/mol. The van der Waals surface area contributed by atoms with Crippen LogP contribution in [0.4, 0.5) is 0 Å². The van der Waals surface area contributed by atoms with Gasteiger partial charge in [-0.25, -0.2) is 13.1 Å². The molecule has 1 atom stereocenters. The Hall–Kier alpha value is -1.69. The number of hydrogen-bond donors (Lipinski definition) is 1. The maximum Gasteiger partial charge on any atom is 0.240 e. The van der Waals surface area contributed by atoms with Crippen molar-refractivity contribution in [3.8, 4) is 0 Å². The normalized spacial score (nSPS) is 18.8. The minimum absolute atomic E-state index is 0.0860. The molecule has 26 heavy (non-hydrogen) atoms. The molecule has 138 valence electrons. The number of rotatable bonds is 6. The zero-order valence-corrected chi connectivity index (χ0v) is 15.8. The van der Waals surface area contributed by atoms with E-state index < -0.39 is 10.0 Å². The van der Waals surface area contributed by atoms with Crippen LogP contribution in [-0.4, -0.2) is 33.0 Å². The first-order valence-corrected chi connectivity index (χ1v) is 11.0. The van der Waals surface area contributed by atoms with Gasteiger partial charge < -0.3 is 0 Å². The maximum absolute atomic E-state index is 12.9. The minimum Gasteiger partial charge on any atom is -0.295 e. The number of benzene rings is 2. The summed E-state index contributed by atoms with van der Waals surface area (Å²) in [5.41, 5.74) is 3.65. The highest BCUT2D eigenvalue weighted by molar-refractivity contribution is 7.89. The van der Waals surface area contributed by atoms with E-state index in [4.69, 9.17) is 0 Å². The van der Waals surface area contributed by atoms with E-state index in [0.717, 1.165) is 32.4 Å². The number of hydrogen-bond acceptors (Lipinski definition) is 3. The SMILES string of the molecule is O=S(=O)(NCC(c1ccccc1)N1CCCC1)c1ccc2c(c1)CCC2.